The van der Waals surface area contributed by atoms with Crippen molar-refractivity contribution in [1.29, 1.82) is 0 Å². The fourth-order valence-electron chi connectivity index (χ4n) is 2.33. The second kappa shape index (κ2) is 5.41. The molecule has 0 radical (unpaired) electrons. The molecule has 0 amide bonds. The molecular formula is C15H16ClN5. The lowest BCUT2D eigenvalue weighted by molar-refractivity contribution is 0.859. The van der Waals surface area contributed by atoms with Crippen LogP contribution in [0.25, 0.3) is 17.0 Å². The average Bonchev–Trinajstić information content (AvgIpc) is 2.83. The van der Waals surface area contributed by atoms with Gasteiger partial charge < -0.3 is 0 Å². The maximum atomic E-state index is 6.19. The molecule has 0 aliphatic rings. The maximum Gasteiger partial charge on any atom is 0.157 e. The predicted octanol–water partition coefficient (Wildman–Crippen LogP) is 3.41. The molecule has 0 spiro atoms. The second-order valence-electron chi connectivity index (χ2n) is 5.07. The zero-order chi connectivity index (χ0) is 15.0. The Balaban J connectivity index is 2.10. The van der Waals surface area contributed by atoms with Crippen LogP contribution in [0.3, 0.4) is 0 Å². The van der Waals surface area contributed by atoms with Crippen molar-refractivity contribution >= 4 is 17.2 Å². The van der Waals surface area contributed by atoms with E-state index in [0.29, 0.717) is 10.8 Å². The van der Waals surface area contributed by atoms with Gasteiger partial charge in [-0.05, 0) is 26.3 Å². The number of hydrogen-bond acceptors (Lipinski definition) is 4. The summed E-state index contributed by atoms with van der Waals surface area (Å²) in [5.74, 6) is 0. The summed E-state index contributed by atoms with van der Waals surface area (Å²) in [7, 11) is 0. The lowest BCUT2D eigenvalue weighted by Crippen LogP contribution is -1.98. The third-order valence-corrected chi connectivity index (χ3v) is 3.53. The number of nitrogens with zero attached hydrogens (tertiary/aromatic N) is 5. The molecule has 108 valence electrons. The van der Waals surface area contributed by atoms with Crippen molar-refractivity contribution in [3.8, 4) is 11.4 Å². The first-order chi connectivity index (χ1) is 10.1. The molecule has 3 aromatic rings. The normalized spacial score (nSPS) is 11.2. The lowest BCUT2D eigenvalue weighted by Gasteiger charge is -2.03. The van der Waals surface area contributed by atoms with Gasteiger partial charge in [0.15, 0.2) is 5.65 Å². The van der Waals surface area contributed by atoms with Gasteiger partial charge in [0, 0.05) is 18.0 Å². The molecule has 0 N–H and O–H groups in total. The van der Waals surface area contributed by atoms with E-state index >= 15 is 0 Å². The quantitative estimate of drug-likeness (QED) is 0.696. The third-order valence-electron chi connectivity index (χ3n) is 3.26. The first-order valence-electron chi connectivity index (χ1n) is 6.94. The molecule has 5 nitrogen and oxygen atoms in total. The van der Waals surface area contributed by atoms with Gasteiger partial charge in [0.1, 0.15) is 16.5 Å². The van der Waals surface area contributed by atoms with Crippen LogP contribution in [0.1, 0.15) is 30.4 Å². The number of halogens is 1. The van der Waals surface area contributed by atoms with E-state index in [1.165, 1.54) is 0 Å². The summed E-state index contributed by atoms with van der Waals surface area (Å²) >= 11 is 6.19. The van der Waals surface area contributed by atoms with E-state index in [2.05, 4.69) is 27.0 Å². The van der Waals surface area contributed by atoms with Gasteiger partial charge >= 0.3 is 0 Å². The summed E-state index contributed by atoms with van der Waals surface area (Å²) in [5, 5.41) is 5.02. The van der Waals surface area contributed by atoms with Gasteiger partial charge in [-0.15, -0.1) is 0 Å². The van der Waals surface area contributed by atoms with Crippen LogP contribution in [-0.2, 0) is 6.42 Å². The highest BCUT2D eigenvalue weighted by atomic mass is 35.5. The van der Waals surface area contributed by atoms with Crippen LogP contribution in [0.4, 0.5) is 0 Å². The molecule has 0 unspecified atom stereocenters. The van der Waals surface area contributed by atoms with Gasteiger partial charge in [-0.1, -0.05) is 24.9 Å². The highest BCUT2D eigenvalue weighted by Gasteiger charge is 2.13. The Bertz CT molecular complexity index is 809. The van der Waals surface area contributed by atoms with Crippen LogP contribution >= 0.6 is 11.6 Å². The van der Waals surface area contributed by atoms with Crippen LogP contribution in [0, 0.1) is 13.8 Å². The predicted molar refractivity (Wildman–Crippen MR) is 82.5 cm³/mol. The molecule has 0 fully saturated rings. The highest BCUT2D eigenvalue weighted by molar-refractivity contribution is 6.29. The zero-order valence-corrected chi connectivity index (χ0v) is 13.0. The van der Waals surface area contributed by atoms with E-state index in [9.17, 15) is 0 Å². The molecule has 0 saturated heterocycles. The van der Waals surface area contributed by atoms with Crippen molar-refractivity contribution in [1.82, 2.24) is 24.6 Å². The van der Waals surface area contributed by atoms with E-state index in [1.54, 1.807) is 10.6 Å². The summed E-state index contributed by atoms with van der Waals surface area (Å²) in [5.41, 5.74) is 4.97. The number of rotatable bonds is 3. The van der Waals surface area contributed by atoms with E-state index < -0.39 is 0 Å². The van der Waals surface area contributed by atoms with E-state index in [1.807, 2.05) is 26.1 Å². The average molecular weight is 302 g/mol. The molecular weight excluding hydrogens is 286 g/mol. The van der Waals surface area contributed by atoms with Gasteiger partial charge in [0.05, 0.1) is 11.4 Å². The Morgan fingerprint density at radius 1 is 1.19 bits per heavy atom. The van der Waals surface area contributed by atoms with Crippen molar-refractivity contribution in [2.75, 3.05) is 0 Å². The maximum absolute atomic E-state index is 6.19. The van der Waals surface area contributed by atoms with E-state index in [4.69, 9.17) is 11.6 Å². The van der Waals surface area contributed by atoms with Crippen LogP contribution in [0.5, 0.6) is 0 Å². The molecule has 3 heterocycles. The summed E-state index contributed by atoms with van der Waals surface area (Å²) < 4.78 is 1.62. The van der Waals surface area contributed by atoms with Crippen LogP contribution in [-0.4, -0.2) is 24.6 Å². The molecule has 0 aliphatic carbocycles. The van der Waals surface area contributed by atoms with Gasteiger partial charge in [-0.3, -0.25) is 9.97 Å². The van der Waals surface area contributed by atoms with Crippen molar-refractivity contribution < 1.29 is 0 Å². The largest absolute Gasteiger partial charge is 0.254 e. The van der Waals surface area contributed by atoms with E-state index in [-0.39, 0.29) is 0 Å². The summed E-state index contributed by atoms with van der Waals surface area (Å²) in [6.45, 7) is 5.98. The Morgan fingerprint density at radius 3 is 2.71 bits per heavy atom. The Hall–Kier alpha value is -2.01. The summed E-state index contributed by atoms with van der Waals surface area (Å²) in [6.07, 6.45) is 3.81. The fraction of sp³-hybridized carbons (Fsp3) is 0.333. The molecule has 0 bridgehead atoms. The van der Waals surface area contributed by atoms with Crippen molar-refractivity contribution in [2.45, 2.75) is 33.6 Å². The first kappa shape index (κ1) is 13.9. The van der Waals surface area contributed by atoms with Gasteiger partial charge in [-0.25, -0.2) is 9.50 Å². The summed E-state index contributed by atoms with van der Waals surface area (Å²) in [4.78, 5) is 13.5. The van der Waals surface area contributed by atoms with Gasteiger partial charge in [-0.2, -0.15) is 5.10 Å². The van der Waals surface area contributed by atoms with Gasteiger partial charge in [0.2, 0.25) is 0 Å². The Morgan fingerprint density at radius 2 is 2.00 bits per heavy atom. The minimum Gasteiger partial charge on any atom is -0.254 e. The van der Waals surface area contributed by atoms with Crippen molar-refractivity contribution in [3.05, 3.63) is 40.6 Å². The van der Waals surface area contributed by atoms with Crippen LogP contribution < -0.4 is 0 Å². The fourth-order valence-corrected chi connectivity index (χ4v) is 2.61. The Kier molecular flexibility index (Phi) is 3.59. The first-order valence-corrected chi connectivity index (χ1v) is 7.32. The minimum absolute atomic E-state index is 0.539. The molecule has 0 atom stereocenters. The SMILES string of the molecule is CCCc1cnc(-c2cc3nc(C)cc(Cl)n3n2)c(C)n1. The second-order valence-corrected chi connectivity index (χ2v) is 5.45. The highest BCUT2D eigenvalue weighted by Crippen LogP contribution is 2.22. The smallest absolute Gasteiger partial charge is 0.157 e. The number of aryl methyl sites for hydroxylation is 3. The molecule has 21 heavy (non-hydrogen) atoms. The van der Waals surface area contributed by atoms with E-state index in [0.717, 1.165) is 41.3 Å². The lowest BCUT2D eigenvalue weighted by atomic mass is 10.2. The van der Waals surface area contributed by atoms with Crippen molar-refractivity contribution in [3.63, 3.8) is 0 Å². The summed E-state index contributed by atoms with van der Waals surface area (Å²) in [6, 6.07) is 3.67. The number of fused-ring (bicyclic) bond motifs is 1. The molecule has 6 heteroatoms. The third kappa shape index (κ3) is 2.61. The van der Waals surface area contributed by atoms with Gasteiger partial charge in [0.25, 0.3) is 0 Å². The van der Waals surface area contributed by atoms with Crippen LogP contribution in [0.2, 0.25) is 5.15 Å². The van der Waals surface area contributed by atoms with Crippen LogP contribution in [0.15, 0.2) is 18.3 Å². The standard InChI is InChI=1S/C15H16ClN5/c1-4-5-11-8-17-15(10(3)19-11)12-7-14-18-9(2)6-13(16)21(14)20-12/h6-8H,4-5H2,1-3H3. The molecule has 0 saturated carbocycles. The monoisotopic (exact) mass is 301 g/mol. The molecule has 3 aromatic heterocycles. The molecule has 3 rings (SSSR count). The molecule has 0 aromatic carbocycles. The number of hydrogen-bond donors (Lipinski definition) is 0. The molecule has 0 aliphatic heterocycles. The Labute approximate surface area is 128 Å². The minimum atomic E-state index is 0.539. The van der Waals surface area contributed by atoms with Crippen molar-refractivity contribution in [2.24, 2.45) is 0 Å². The topological polar surface area (TPSA) is 56.0 Å². The zero-order valence-electron chi connectivity index (χ0n) is 12.3. The number of aromatic nitrogens is 5.